The summed E-state index contributed by atoms with van der Waals surface area (Å²) in [6.07, 6.45) is 0.116. The van der Waals surface area contributed by atoms with Gasteiger partial charge in [-0.1, -0.05) is 19.9 Å². The average Bonchev–Trinajstić information content (AvgIpc) is 3.50. The van der Waals surface area contributed by atoms with Gasteiger partial charge in [0.1, 0.15) is 18.0 Å². The van der Waals surface area contributed by atoms with Crippen molar-refractivity contribution in [3.05, 3.63) is 39.4 Å². The third kappa shape index (κ3) is 5.51. The normalized spacial score (nSPS) is 24.7. The number of aromatic hydroxyl groups is 1. The minimum atomic E-state index is -0.983. The summed E-state index contributed by atoms with van der Waals surface area (Å²) in [5.74, 6) is 0.770. The first-order valence-corrected chi connectivity index (χ1v) is 16.5. The average molecular weight is 667 g/mol. The summed E-state index contributed by atoms with van der Waals surface area (Å²) in [4.78, 5) is 42.4. The number of aliphatic hydroxyl groups is 1. The Balaban J connectivity index is 1.48. The predicted octanol–water partition coefficient (Wildman–Crippen LogP) is 2.54. The molecule has 1 saturated heterocycles. The summed E-state index contributed by atoms with van der Waals surface area (Å²) in [5, 5.41) is 29.6. The Hall–Kier alpha value is -4.07. The van der Waals surface area contributed by atoms with Crippen molar-refractivity contribution in [1.29, 1.82) is 0 Å². The van der Waals surface area contributed by atoms with E-state index >= 15 is 0 Å². The molecule has 4 aliphatic heterocycles. The molecule has 48 heavy (non-hydrogen) atoms. The Kier molecular flexibility index (Phi) is 8.98. The zero-order valence-electron chi connectivity index (χ0n) is 28.8. The minimum Gasteiger partial charge on any atom is -0.504 e. The van der Waals surface area contributed by atoms with Gasteiger partial charge in [-0.2, -0.15) is 0 Å². The fraction of sp³-hybridized carbons (Fsp3) is 0.571. The maximum atomic E-state index is 13.4. The fourth-order valence-corrected chi connectivity index (χ4v) is 8.21. The van der Waals surface area contributed by atoms with Crippen LogP contribution in [0, 0.1) is 19.8 Å². The summed E-state index contributed by atoms with van der Waals surface area (Å²) in [7, 11) is 3.47. The van der Waals surface area contributed by atoms with E-state index in [-0.39, 0.29) is 42.9 Å². The van der Waals surface area contributed by atoms with E-state index < -0.39 is 36.4 Å². The maximum absolute atomic E-state index is 13.4. The van der Waals surface area contributed by atoms with Gasteiger partial charge in [0.15, 0.2) is 23.0 Å². The number of hydrogen-bond donors (Lipinski definition) is 4. The van der Waals surface area contributed by atoms with Crippen molar-refractivity contribution in [2.45, 2.75) is 97.2 Å². The number of aryl methyl sites for hydroxylation is 1. The molecule has 0 aromatic heterocycles. The van der Waals surface area contributed by atoms with Crippen LogP contribution < -0.4 is 29.6 Å². The monoisotopic (exact) mass is 666 g/mol. The van der Waals surface area contributed by atoms with Crippen LogP contribution in [0.2, 0.25) is 0 Å². The minimum absolute atomic E-state index is 0.0372. The van der Waals surface area contributed by atoms with E-state index in [1.807, 2.05) is 45.7 Å². The van der Waals surface area contributed by atoms with Crippen LogP contribution in [0.15, 0.2) is 6.07 Å². The SMILES string of the molecule is COc1c(C)cc2c(c1O)[C@@H]1C3Cc4c(OC(C)=O)c(C)c5c(c4[C@H](CNC(=O)C(C)NC(=O)CC(C)C)N3[C@@H](O)[C@H](C2)N1C)OCO5. The molecule has 4 heterocycles. The highest BCUT2D eigenvalue weighted by Gasteiger charge is 2.56. The van der Waals surface area contributed by atoms with Crippen LogP contribution in [0.3, 0.4) is 0 Å². The molecule has 4 aliphatic rings. The Morgan fingerprint density at radius 3 is 2.44 bits per heavy atom. The molecule has 0 saturated carbocycles. The van der Waals surface area contributed by atoms with E-state index in [0.29, 0.717) is 59.0 Å². The number of phenolic OH excluding ortho intramolecular Hbond substituents is 1. The summed E-state index contributed by atoms with van der Waals surface area (Å²) in [6.45, 7) is 10.5. The van der Waals surface area contributed by atoms with Gasteiger partial charge in [0.2, 0.25) is 18.6 Å². The molecule has 260 valence electrons. The fourth-order valence-electron chi connectivity index (χ4n) is 8.21. The summed E-state index contributed by atoms with van der Waals surface area (Å²) in [6, 6.07) is -0.621. The van der Waals surface area contributed by atoms with Gasteiger partial charge in [-0.15, -0.1) is 0 Å². The van der Waals surface area contributed by atoms with Crippen LogP contribution >= 0.6 is 0 Å². The van der Waals surface area contributed by atoms with Crippen LogP contribution in [-0.2, 0) is 27.2 Å². The number of likely N-dealkylation sites (N-methyl/N-ethyl adjacent to an activating group) is 1. The van der Waals surface area contributed by atoms with Gasteiger partial charge >= 0.3 is 5.97 Å². The summed E-state index contributed by atoms with van der Waals surface area (Å²) < 4.78 is 23.4. The predicted molar refractivity (Wildman–Crippen MR) is 174 cm³/mol. The van der Waals surface area contributed by atoms with Crippen molar-refractivity contribution >= 4 is 17.8 Å². The number of hydrogen-bond acceptors (Lipinski definition) is 11. The molecule has 0 aliphatic carbocycles. The number of piperazine rings is 1. The van der Waals surface area contributed by atoms with Gasteiger partial charge in [-0.3, -0.25) is 24.2 Å². The number of esters is 1. The van der Waals surface area contributed by atoms with Gasteiger partial charge in [-0.25, -0.2) is 0 Å². The quantitative estimate of drug-likeness (QED) is 0.242. The van der Waals surface area contributed by atoms with E-state index in [0.717, 1.165) is 16.7 Å². The van der Waals surface area contributed by atoms with E-state index in [9.17, 15) is 24.6 Å². The molecule has 6 atom stereocenters. The van der Waals surface area contributed by atoms with E-state index in [1.165, 1.54) is 14.0 Å². The van der Waals surface area contributed by atoms with Crippen molar-refractivity contribution < 1.29 is 43.5 Å². The van der Waals surface area contributed by atoms with Crippen molar-refractivity contribution in [3.63, 3.8) is 0 Å². The number of fused-ring (bicyclic) bond motifs is 9. The van der Waals surface area contributed by atoms with Crippen LogP contribution in [0.5, 0.6) is 28.7 Å². The second kappa shape index (κ2) is 12.8. The number of ether oxygens (including phenoxy) is 4. The van der Waals surface area contributed by atoms with Crippen molar-refractivity contribution in [2.75, 3.05) is 27.5 Å². The molecule has 0 radical (unpaired) electrons. The lowest BCUT2D eigenvalue weighted by atomic mass is 9.73. The molecule has 0 spiro atoms. The van der Waals surface area contributed by atoms with Crippen LogP contribution in [-0.4, -0.2) is 89.6 Å². The largest absolute Gasteiger partial charge is 0.504 e. The number of carbonyl (C=O) groups excluding carboxylic acids is 3. The Morgan fingerprint density at radius 2 is 1.77 bits per heavy atom. The number of benzene rings is 2. The van der Waals surface area contributed by atoms with Crippen LogP contribution in [0.1, 0.15) is 79.6 Å². The number of aliphatic hydroxyl groups excluding tert-OH is 1. The zero-order valence-corrected chi connectivity index (χ0v) is 28.8. The second-order valence-electron chi connectivity index (χ2n) is 13.8. The number of methoxy groups -OCH3 is 1. The van der Waals surface area contributed by atoms with Crippen molar-refractivity contribution in [2.24, 2.45) is 5.92 Å². The lowest BCUT2D eigenvalue weighted by Crippen LogP contribution is -2.69. The molecule has 2 unspecified atom stereocenters. The molecular formula is C35H46N4O9. The van der Waals surface area contributed by atoms with Crippen molar-refractivity contribution in [1.82, 2.24) is 20.4 Å². The van der Waals surface area contributed by atoms with Gasteiger partial charge in [0, 0.05) is 48.2 Å². The maximum Gasteiger partial charge on any atom is 0.308 e. The second-order valence-corrected chi connectivity index (χ2v) is 13.8. The molecule has 2 bridgehead atoms. The highest BCUT2D eigenvalue weighted by Crippen LogP contribution is 2.58. The van der Waals surface area contributed by atoms with Crippen LogP contribution in [0.25, 0.3) is 0 Å². The first-order valence-electron chi connectivity index (χ1n) is 16.5. The van der Waals surface area contributed by atoms with Gasteiger partial charge in [0.05, 0.1) is 25.2 Å². The van der Waals surface area contributed by atoms with Crippen molar-refractivity contribution in [3.8, 4) is 28.7 Å². The number of carbonyl (C=O) groups is 3. The zero-order chi connectivity index (χ0) is 34.8. The molecule has 2 aromatic carbocycles. The number of amides is 2. The first kappa shape index (κ1) is 33.8. The molecule has 1 fully saturated rings. The lowest BCUT2D eigenvalue weighted by Gasteiger charge is -2.60. The number of nitrogens with zero attached hydrogens (tertiary/aromatic N) is 2. The Bertz CT molecular complexity index is 1660. The number of rotatable bonds is 8. The number of phenols is 1. The molecule has 4 N–H and O–H groups in total. The smallest absolute Gasteiger partial charge is 0.308 e. The van der Waals surface area contributed by atoms with Gasteiger partial charge in [-0.05, 0) is 57.7 Å². The third-order valence-electron chi connectivity index (χ3n) is 10.2. The van der Waals surface area contributed by atoms with Gasteiger partial charge in [0.25, 0.3) is 0 Å². The molecule has 2 aromatic rings. The van der Waals surface area contributed by atoms with Gasteiger partial charge < -0.3 is 39.8 Å². The third-order valence-corrected chi connectivity index (χ3v) is 10.2. The molecule has 13 nitrogen and oxygen atoms in total. The molecule has 2 amide bonds. The van der Waals surface area contributed by atoms with E-state index in [2.05, 4.69) is 15.5 Å². The highest BCUT2D eigenvalue weighted by atomic mass is 16.7. The first-order chi connectivity index (χ1) is 22.7. The molecular weight excluding hydrogens is 620 g/mol. The molecule has 6 rings (SSSR count). The number of nitrogens with one attached hydrogen (secondary N) is 2. The summed E-state index contributed by atoms with van der Waals surface area (Å²) in [5.41, 5.74) is 4.42. The van der Waals surface area contributed by atoms with E-state index in [4.69, 9.17) is 18.9 Å². The van der Waals surface area contributed by atoms with E-state index in [1.54, 1.807) is 6.92 Å². The van der Waals surface area contributed by atoms with Crippen LogP contribution in [0.4, 0.5) is 0 Å². The Morgan fingerprint density at radius 1 is 1.06 bits per heavy atom. The highest BCUT2D eigenvalue weighted by molar-refractivity contribution is 5.87. The topological polar surface area (TPSA) is 159 Å². The Labute approximate surface area is 280 Å². The standard InChI is InChI=1S/C35H46N4O9/c1-15(2)9-25(41)37-18(5)34(43)36-13-24-27-21(31(48-19(6)40)17(4)32-33(27)47-14-46-32)12-22-28-26-20(10-16(3)30(45-8)29(26)42)11-23(38(28)7)35(44)39(22)24/h10,15,18,22-24,28,35,42,44H,9,11-14H2,1-8H3,(H,36,43)(H,37,41)/t18?,22?,23-,24-,28-,35-/m0/s1. The molecule has 13 heteroatoms. The lowest BCUT2D eigenvalue weighted by molar-refractivity contribution is -0.172. The summed E-state index contributed by atoms with van der Waals surface area (Å²) >= 11 is 0.